The van der Waals surface area contributed by atoms with Crippen molar-refractivity contribution in [1.82, 2.24) is 4.98 Å². The summed E-state index contributed by atoms with van der Waals surface area (Å²) in [5.41, 5.74) is 2.40. The molecule has 0 radical (unpaired) electrons. The number of nitrogens with one attached hydrogen (secondary N) is 1. The third-order valence-electron chi connectivity index (χ3n) is 3.56. The minimum absolute atomic E-state index is 0.0855. The highest BCUT2D eigenvalue weighted by molar-refractivity contribution is 7.15. The smallest absolute Gasteiger partial charge is 0.340 e. The van der Waals surface area contributed by atoms with Crippen LogP contribution >= 0.6 is 22.9 Å². The van der Waals surface area contributed by atoms with E-state index in [1.54, 1.807) is 12.3 Å². The SMILES string of the molecule is COC(=O)c1cc(-c2cccc(NCc3cnc(Cl)s3)c2)ccc1F. The summed E-state index contributed by atoms with van der Waals surface area (Å²) in [6.45, 7) is 0.602. The fourth-order valence-electron chi connectivity index (χ4n) is 2.33. The highest BCUT2D eigenvalue weighted by Crippen LogP contribution is 2.26. The van der Waals surface area contributed by atoms with Gasteiger partial charge in [-0.05, 0) is 35.4 Å². The first-order valence-electron chi connectivity index (χ1n) is 7.39. The first-order valence-corrected chi connectivity index (χ1v) is 8.58. The van der Waals surface area contributed by atoms with Crippen LogP contribution in [0, 0.1) is 5.82 Å². The Labute approximate surface area is 153 Å². The molecule has 1 N–H and O–H groups in total. The molecule has 0 spiro atoms. The Kier molecular flexibility index (Phi) is 5.31. The van der Waals surface area contributed by atoms with Crippen LogP contribution in [-0.4, -0.2) is 18.1 Å². The molecule has 128 valence electrons. The molecule has 0 saturated heterocycles. The molecule has 2 aromatic carbocycles. The lowest BCUT2D eigenvalue weighted by Crippen LogP contribution is -2.04. The molecule has 3 aromatic rings. The van der Waals surface area contributed by atoms with E-state index in [1.165, 1.54) is 30.6 Å². The van der Waals surface area contributed by atoms with Crippen LogP contribution in [0.3, 0.4) is 0 Å². The van der Waals surface area contributed by atoms with Crippen molar-refractivity contribution in [2.75, 3.05) is 12.4 Å². The summed E-state index contributed by atoms with van der Waals surface area (Å²) >= 11 is 7.24. The van der Waals surface area contributed by atoms with Gasteiger partial charge in [-0.3, -0.25) is 0 Å². The molecule has 0 unspecified atom stereocenters. The summed E-state index contributed by atoms with van der Waals surface area (Å²) in [5, 5.41) is 3.29. The van der Waals surface area contributed by atoms with Gasteiger partial charge in [0.25, 0.3) is 0 Å². The lowest BCUT2D eigenvalue weighted by molar-refractivity contribution is 0.0595. The molecular formula is C18H14ClFN2O2S. The van der Waals surface area contributed by atoms with E-state index in [2.05, 4.69) is 15.0 Å². The van der Waals surface area contributed by atoms with Gasteiger partial charge in [-0.2, -0.15) is 0 Å². The van der Waals surface area contributed by atoms with Crippen molar-refractivity contribution in [1.29, 1.82) is 0 Å². The third-order valence-corrected chi connectivity index (χ3v) is 4.67. The molecule has 3 rings (SSSR count). The number of hydrogen-bond acceptors (Lipinski definition) is 5. The number of carbonyl (C=O) groups excluding carboxylic acids is 1. The lowest BCUT2D eigenvalue weighted by Gasteiger charge is -2.09. The highest BCUT2D eigenvalue weighted by Gasteiger charge is 2.13. The predicted octanol–water partition coefficient (Wildman–Crippen LogP) is 5.00. The summed E-state index contributed by atoms with van der Waals surface area (Å²) in [5.74, 6) is -1.30. The van der Waals surface area contributed by atoms with E-state index in [4.69, 9.17) is 11.6 Å². The first kappa shape index (κ1) is 17.4. The van der Waals surface area contributed by atoms with Gasteiger partial charge in [0, 0.05) is 16.8 Å². The maximum atomic E-state index is 13.8. The zero-order chi connectivity index (χ0) is 17.8. The number of benzene rings is 2. The average Bonchev–Trinajstić information content (AvgIpc) is 3.05. The van der Waals surface area contributed by atoms with Crippen molar-refractivity contribution in [2.45, 2.75) is 6.54 Å². The summed E-state index contributed by atoms with van der Waals surface area (Å²) in [7, 11) is 1.23. The molecule has 0 aliphatic carbocycles. The van der Waals surface area contributed by atoms with Crippen molar-refractivity contribution in [2.24, 2.45) is 0 Å². The average molecular weight is 377 g/mol. The van der Waals surface area contributed by atoms with E-state index in [0.717, 1.165) is 21.7 Å². The molecule has 0 bridgehead atoms. The summed E-state index contributed by atoms with van der Waals surface area (Å²) in [6, 6.07) is 12.0. The molecule has 1 heterocycles. The molecule has 0 saturated carbocycles. The van der Waals surface area contributed by atoms with E-state index >= 15 is 0 Å². The molecular weight excluding hydrogens is 363 g/mol. The standard InChI is InChI=1S/C18H14ClFN2O2S/c1-24-17(23)15-8-12(5-6-16(15)20)11-3-2-4-13(7-11)21-9-14-10-22-18(19)25-14/h2-8,10,21H,9H2,1H3. The van der Waals surface area contributed by atoms with Crippen LogP contribution in [0.1, 0.15) is 15.2 Å². The zero-order valence-electron chi connectivity index (χ0n) is 13.3. The second kappa shape index (κ2) is 7.63. The number of aromatic nitrogens is 1. The van der Waals surface area contributed by atoms with Crippen molar-refractivity contribution in [3.05, 3.63) is 69.4 Å². The van der Waals surface area contributed by atoms with E-state index in [9.17, 15) is 9.18 Å². The molecule has 7 heteroatoms. The minimum atomic E-state index is -0.698. The van der Waals surface area contributed by atoms with E-state index in [1.807, 2.05) is 24.3 Å². The van der Waals surface area contributed by atoms with Gasteiger partial charge in [-0.25, -0.2) is 14.2 Å². The van der Waals surface area contributed by atoms with Gasteiger partial charge in [0.2, 0.25) is 0 Å². The number of thiazole rings is 1. The molecule has 0 amide bonds. The number of rotatable bonds is 5. The van der Waals surface area contributed by atoms with Crippen molar-refractivity contribution >= 4 is 34.6 Å². The van der Waals surface area contributed by atoms with Gasteiger partial charge in [0.1, 0.15) is 5.82 Å². The van der Waals surface area contributed by atoms with Gasteiger partial charge >= 0.3 is 5.97 Å². The molecule has 0 atom stereocenters. The fourth-order valence-corrected chi connectivity index (χ4v) is 3.25. The summed E-state index contributed by atoms with van der Waals surface area (Å²) < 4.78 is 18.9. The molecule has 1 aromatic heterocycles. The van der Waals surface area contributed by atoms with Crippen molar-refractivity contribution in [3.8, 4) is 11.1 Å². The number of esters is 1. The molecule has 0 aliphatic rings. The van der Waals surface area contributed by atoms with Crippen LogP contribution in [-0.2, 0) is 11.3 Å². The molecule has 0 aliphatic heterocycles. The maximum Gasteiger partial charge on any atom is 0.340 e. The summed E-state index contributed by atoms with van der Waals surface area (Å²) in [4.78, 5) is 16.7. The molecule has 4 nitrogen and oxygen atoms in total. The van der Waals surface area contributed by atoms with Gasteiger partial charge < -0.3 is 10.1 Å². The Bertz CT molecular complexity index is 914. The van der Waals surface area contributed by atoms with Crippen LogP contribution in [0.5, 0.6) is 0 Å². The number of methoxy groups -OCH3 is 1. The van der Waals surface area contributed by atoms with Crippen molar-refractivity contribution in [3.63, 3.8) is 0 Å². The van der Waals surface area contributed by atoms with Gasteiger partial charge in [0.15, 0.2) is 4.47 Å². The van der Waals surface area contributed by atoms with Gasteiger partial charge in [-0.1, -0.05) is 29.8 Å². The summed E-state index contributed by atoms with van der Waals surface area (Å²) in [6.07, 6.45) is 1.73. The monoisotopic (exact) mass is 376 g/mol. The number of nitrogens with zero attached hydrogens (tertiary/aromatic N) is 1. The predicted molar refractivity (Wildman–Crippen MR) is 97.6 cm³/mol. The van der Waals surface area contributed by atoms with Gasteiger partial charge in [-0.15, -0.1) is 11.3 Å². The second-order valence-electron chi connectivity index (χ2n) is 5.20. The van der Waals surface area contributed by atoms with E-state index < -0.39 is 11.8 Å². The van der Waals surface area contributed by atoms with Crippen LogP contribution in [0.25, 0.3) is 11.1 Å². The Morgan fingerprint density at radius 3 is 2.80 bits per heavy atom. The Balaban J connectivity index is 1.82. The number of carbonyl (C=O) groups is 1. The second-order valence-corrected chi connectivity index (χ2v) is 6.90. The minimum Gasteiger partial charge on any atom is -0.465 e. The quantitative estimate of drug-likeness (QED) is 0.636. The number of ether oxygens (including phenoxy) is 1. The van der Waals surface area contributed by atoms with Crippen LogP contribution < -0.4 is 5.32 Å². The fraction of sp³-hybridized carbons (Fsp3) is 0.111. The Morgan fingerprint density at radius 1 is 1.28 bits per heavy atom. The zero-order valence-corrected chi connectivity index (χ0v) is 14.8. The van der Waals surface area contributed by atoms with Crippen LogP contribution in [0.4, 0.5) is 10.1 Å². The van der Waals surface area contributed by atoms with E-state index in [-0.39, 0.29) is 5.56 Å². The molecule has 25 heavy (non-hydrogen) atoms. The third kappa shape index (κ3) is 4.15. The Hall–Kier alpha value is -2.44. The largest absolute Gasteiger partial charge is 0.465 e. The van der Waals surface area contributed by atoms with Crippen LogP contribution in [0.15, 0.2) is 48.7 Å². The maximum absolute atomic E-state index is 13.8. The lowest BCUT2D eigenvalue weighted by atomic mass is 10.0. The number of halogens is 2. The van der Waals surface area contributed by atoms with E-state index in [0.29, 0.717) is 11.0 Å². The number of anilines is 1. The molecule has 0 fully saturated rings. The first-order chi connectivity index (χ1) is 12.1. The normalized spacial score (nSPS) is 10.5. The van der Waals surface area contributed by atoms with Crippen molar-refractivity contribution < 1.29 is 13.9 Å². The topological polar surface area (TPSA) is 51.2 Å². The number of hydrogen-bond donors (Lipinski definition) is 1. The van der Waals surface area contributed by atoms with Crippen LogP contribution in [0.2, 0.25) is 4.47 Å². The van der Waals surface area contributed by atoms with Gasteiger partial charge in [0.05, 0.1) is 19.2 Å². The Morgan fingerprint density at radius 2 is 2.08 bits per heavy atom. The highest BCUT2D eigenvalue weighted by atomic mass is 35.5.